The normalized spacial score (nSPS) is 19.8. The van der Waals surface area contributed by atoms with Gasteiger partial charge in [-0.05, 0) is 67.5 Å². The van der Waals surface area contributed by atoms with Gasteiger partial charge in [0.2, 0.25) is 0 Å². The van der Waals surface area contributed by atoms with E-state index in [2.05, 4.69) is 50.6 Å². The smallest absolute Gasteiger partial charge is 0.175 e. The standard InChI is InChI=1S/C18H19BrN4S2/c1-18(9-10-25-16(20)23-18)12-3-2-4-15(11-12)22-17(24)21-14-7-5-13(19)6-8-14/h2-8,11H,9-10H2,1H3,(H2,20,23)(H2,21,22,24). The molecule has 0 fully saturated rings. The summed E-state index contributed by atoms with van der Waals surface area (Å²) in [6.45, 7) is 2.12. The van der Waals surface area contributed by atoms with E-state index < -0.39 is 0 Å². The summed E-state index contributed by atoms with van der Waals surface area (Å²) in [6, 6.07) is 16.0. The first-order valence-corrected chi connectivity index (χ1v) is 10.1. The van der Waals surface area contributed by atoms with Gasteiger partial charge in [-0.3, -0.25) is 4.99 Å². The average Bonchev–Trinajstić information content (AvgIpc) is 2.57. The zero-order valence-electron chi connectivity index (χ0n) is 13.8. The highest BCUT2D eigenvalue weighted by atomic mass is 79.9. The predicted octanol–water partition coefficient (Wildman–Crippen LogP) is 4.92. The number of hydrogen-bond acceptors (Lipinski definition) is 4. The summed E-state index contributed by atoms with van der Waals surface area (Å²) in [5.41, 5.74) is 8.64. The molecule has 7 heteroatoms. The van der Waals surface area contributed by atoms with E-state index in [1.807, 2.05) is 36.4 Å². The number of halogens is 1. The minimum Gasteiger partial charge on any atom is -0.379 e. The summed E-state index contributed by atoms with van der Waals surface area (Å²) >= 11 is 10.4. The van der Waals surface area contributed by atoms with Gasteiger partial charge in [-0.1, -0.05) is 39.8 Å². The molecule has 0 bridgehead atoms. The molecule has 2 aromatic rings. The molecule has 0 amide bonds. The summed E-state index contributed by atoms with van der Waals surface area (Å²) < 4.78 is 1.03. The molecule has 1 aliphatic heterocycles. The third kappa shape index (κ3) is 4.74. The molecule has 1 unspecified atom stereocenters. The zero-order valence-corrected chi connectivity index (χ0v) is 17.0. The van der Waals surface area contributed by atoms with E-state index in [9.17, 15) is 0 Å². The lowest BCUT2D eigenvalue weighted by Gasteiger charge is -2.30. The molecule has 3 rings (SSSR count). The third-order valence-corrected chi connectivity index (χ3v) is 5.57. The van der Waals surface area contributed by atoms with Crippen molar-refractivity contribution in [1.29, 1.82) is 0 Å². The number of nitrogens with zero attached hydrogens (tertiary/aromatic N) is 1. The number of aliphatic imine (C=N–C) groups is 1. The molecule has 1 atom stereocenters. The van der Waals surface area contributed by atoms with E-state index in [1.165, 1.54) is 0 Å². The van der Waals surface area contributed by atoms with Gasteiger partial charge in [0.1, 0.15) is 0 Å². The quantitative estimate of drug-likeness (QED) is 0.597. The molecule has 1 heterocycles. The van der Waals surface area contributed by atoms with Crippen LogP contribution in [0.25, 0.3) is 0 Å². The van der Waals surface area contributed by atoms with E-state index in [-0.39, 0.29) is 5.54 Å². The lowest BCUT2D eigenvalue weighted by Crippen LogP contribution is -2.29. The van der Waals surface area contributed by atoms with Crippen LogP contribution in [-0.4, -0.2) is 16.0 Å². The largest absolute Gasteiger partial charge is 0.379 e. The minimum atomic E-state index is -0.284. The highest BCUT2D eigenvalue weighted by Crippen LogP contribution is 2.35. The molecular weight excluding hydrogens is 416 g/mol. The first-order valence-electron chi connectivity index (χ1n) is 7.87. The number of thiocarbonyl (C=S) groups is 1. The van der Waals surface area contributed by atoms with E-state index in [1.54, 1.807) is 11.8 Å². The van der Waals surface area contributed by atoms with Gasteiger partial charge >= 0.3 is 0 Å². The van der Waals surface area contributed by atoms with Gasteiger partial charge in [-0.25, -0.2) is 0 Å². The average molecular weight is 435 g/mol. The van der Waals surface area contributed by atoms with Crippen molar-refractivity contribution in [2.45, 2.75) is 18.9 Å². The fourth-order valence-corrected chi connectivity index (χ4v) is 4.13. The number of nitrogens with two attached hydrogens (primary N) is 1. The van der Waals surface area contributed by atoms with Gasteiger partial charge in [-0.2, -0.15) is 0 Å². The molecule has 130 valence electrons. The van der Waals surface area contributed by atoms with Crippen molar-refractivity contribution in [2.75, 3.05) is 16.4 Å². The number of thioether (sulfide) groups is 1. The number of amidine groups is 1. The molecule has 4 N–H and O–H groups in total. The zero-order chi connectivity index (χ0) is 17.9. The van der Waals surface area contributed by atoms with Crippen LogP contribution < -0.4 is 16.4 Å². The number of rotatable bonds is 3. The second-order valence-electron chi connectivity index (χ2n) is 5.99. The van der Waals surface area contributed by atoms with Crippen LogP contribution in [0.3, 0.4) is 0 Å². The van der Waals surface area contributed by atoms with Crippen LogP contribution in [0.4, 0.5) is 11.4 Å². The van der Waals surface area contributed by atoms with E-state index in [4.69, 9.17) is 18.0 Å². The minimum absolute atomic E-state index is 0.284. The Morgan fingerprint density at radius 2 is 1.92 bits per heavy atom. The Hall–Kier alpha value is -1.57. The topological polar surface area (TPSA) is 62.4 Å². The molecule has 0 saturated heterocycles. The molecule has 0 aromatic heterocycles. The number of anilines is 2. The first-order chi connectivity index (χ1) is 11.9. The van der Waals surface area contributed by atoms with E-state index >= 15 is 0 Å². The van der Waals surface area contributed by atoms with Crippen LogP contribution in [0.2, 0.25) is 0 Å². The Morgan fingerprint density at radius 1 is 1.20 bits per heavy atom. The van der Waals surface area contributed by atoms with Crippen molar-refractivity contribution < 1.29 is 0 Å². The highest BCUT2D eigenvalue weighted by Gasteiger charge is 2.29. The second kappa shape index (κ2) is 7.76. The van der Waals surface area contributed by atoms with Gasteiger partial charge in [0, 0.05) is 21.6 Å². The first kappa shape index (κ1) is 18.2. The van der Waals surface area contributed by atoms with Gasteiger partial charge in [0.05, 0.1) is 5.54 Å². The van der Waals surface area contributed by atoms with Crippen molar-refractivity contribution in [3.8, 4) is 0 Å². The van der Waals surface area contributed by atoms with Crippen LogP contribution >= 0.6 is 39.9 Å². The maximum absolute atomic E-state index is 5.93. The Labute approximate surface area is 165 Å². The molecule has 0 spiro atoms. The lowest BCUT2D eigenvalue weighted by atomic mass is 9.89. The molecular formula is C18H19BrN4S2. The second-order valence-corrected chi connectivity index (χ2v) is 8.43. The van der Waals surface area contributed by atoms with Crippen LogP contribution in [0.1, 0.15) is 18.9 Å². The van der Waals surface area contributed by atoms with Crippen molar-refractivity contribution in [2.24, 2.45) is 10.7 Å². The van der Waals surface area contributed by atoms with Crippen LogP contribution in [0, 0.1) is 0 Å². The predicted molar refractivity (Wildman–Crippen MR) is 116 cm³/mol. The maximum atomic E-state index is 5.93. The SMILES string of the molecule is CC1(c2cccc(NC(=S)Nc3ccc(Br)cc3)c2)CCSC(N)=N1. The molecule has 2 aromatic carbocycles. The fraction of sp³-hybridized carbons (Fsp3) is 0.222. The fourth-order valence-electron chi connectivity index (χ4n) is 2.65. The summed E-state index contributed by atoms with van der Waals surface area (Å²) in [4.78, 5) is 4.66. The summed E-state index contributed by atoms with van der Waals surface area (Å²) in [6.07, 6.45) is 0.962. The summed E-state index contributed by atoms with van der Waals surface area (Å²) in [7, 11) is 0. The summed E-state index contributed by atoms with van der Waals surface area (Å²) in [5, 5.41) is 7.62. The van der Waals surface area contributed by atoms with E-state index in [0.717, 1.165) is 33.6 Å². The van der Waals surface area contributed by atoms with Crippen molar-refractivity contribution in [1.82, 2.24) is 0 Å². The van der Waals surface area contributed by atoms with Crippen molar-refractivity contribution in [3.05, 3.63) is 58.6 Å². The Balaban J connectivity index is 1.72. The summed E-state index contributed by atoms with van der Waals surface area (Å²) in [5.74, 6) is 0.979. The molecule has 0 radical (unpaired) electrons. The number of nitrogens with one attached hydrogen (secondary N) is 2. The molecule has 0 saturated carbocycles. The van der Waals surface area contributed by atoms with Crippen LogP contribution in [-0.2, 0) is 5.54 Å². The molecule has 4 nitrogen and oxygen atoms in total. The Kier molecular flexibility index (Phi) is 5.66. The maximum Gasteiger partial charge on any atom is 0.175 e. The van der Waals surface area contributed by atoms with E-state index in [0.29, 0.717) is 10.3 Å². The van der Waals surface area contributed by atoms with Gasteiger partial charge in [0.15, 0.2) is 10.3 Å². The van der Waals surface area contributed by atoms with Crippen LogP contribution in [0.5, 0.6) is 0 Å². The van der Waals surface area contributed by atoms with Gasteiger partial charge in [-0.15, -0.1) is 0 Å². The molecule has 0 aliphatic carbocycles. The molecule has 25 heavy (non-hydrogen) atoms. The lowest BCUT2D eigenvalue weighted by molar-refractivity contribution is 0.482. The third-order valence-electron chi connectivity index (χ3n) is 4.04. The molecule has 1 aliphatic rings. The van der Waals surface area contributed by atoms with Crippen LogP contribution in [0.15, 0.2) is 58.0 Å². The van der Waals surface area contributed by atoms with Crippen molar-refractivity contribution in [3.63, 3.8) is 0 Å². The van der Waals surface area contributed by atoms with Gasteiger partial charge < -0.3 is 16.4 Å². The Morgan fingerprint density at radius 3 is 2.64 bits per heavy atom. The Bertz CT molecular complexity index is 807. The number of hydrogen-bond donors (Lipinski definition) is 3. The van der Waals surface area contributed by atoms with Gasteiger partial charge in [0.25, 0.3) is 0 Å². The monoisotopic (exact) mass is 434 g/mol. The highest BCUT2D eigenvalue weighted by molar-refractivity contribution is 9.10. The van der Waals surface area contributed by atoms with Crippen molar-refractivity contribution >= 4 is 61.6 Å². The number of benzene rings is 2.